The van der Waals surface area contributed by atoms with Crippen LogP contribution in [0, 0.1) is 0 Å². The molecular formula is C38H70BNO7Si2. The van der Waals surface area contributed by atoms with Gasteiger partial charge in [-0.3, -0.25) is 4.79 Å². The largest absolute Gasteiger partial charge is 0.543 e. The van der Waals surface area contributed by atoms with Gasteiger partial charge < -0.3 is 28.2 Å². The highest BCUT2D eigenvalue weighted by atomic mass is 28.4. The van der Waals surface area contributed by atoms with E-state index >= 15 is 0 Å². The van der Waals surface area contributed by atoms with Crippen molar-refractivity contribution >= 4 is 41.3 Å². The SMILES string of the molecule is CC(C)[Si](OC(=O)[C@H](Cc1cc(O[Si](C(C)C)(C(C)C)C(C)C)cc(B2OC(C)(C)C(C)(C)O2)c1)NC(=O)OC(C)(C)C)(C(C)C)C(C)C. The molecule has 0 bridgehead atoms. The summed E-state index contributed by atoms with van der Waals surface area (Å²) in [6, 6.07) is 5.07. The summed E-state index contributed by atoms with van der Waals surface area (Å²) in [5, 5.41) is 2.89. The van der Waals surface area contributed by atoms with E-state index in [1.165, 1.54) is 0 Å². The molecule has 1 heterocycles. The van der Waals surface area contributed by atoms with E-state index in [2.05, 4.69) is 88.4 Å². The van der Waals surface area contributed by atoms with Gasteiger partial charge in [0.15, 0.2) is 0 Å². The summed E-state index contributed by atoms with van der Waals surface area (Å²) in [5.74, 6) is 0.289. The summed E-state index contributed by atoms with van der Waals surface area (Å²) >= 11 is 0. The molecule has 1 aliphatic heterocycles. The maximum absolute atomic E-state index is 14.3. The third-order valence-electron chi connectivity index (χ3n) is 10.9. The van der Waals surface area contributed by atoms with Crippen LogP contribution in [-0.2, 0) is 29.7 Å². The molecule has 8 nitrogen and oxygen atoms in total. The van der Waals surface area contributed by atoms with Crippen LogP contribution in [0.15, 0.2) is 18.2 Å². The smallest absolute Gasteiger partial charge is 0.494 e. The molecule has 0 aromatic heterocycles. The number of carbonyl (C=O) groups excluding carboxylic acids is 2. The second-order valence-corrected chi connectivity index (χ2v) is 28.8. The fraction of sp³-hybridized carbons (Fsp3) is 0.789. The molecule has 0 radical (unpaired) electrons. The van der Waals surface area contributed by atoms with Gasteiger partial charge in [0.25, 0.3) is 16.6 Å². The molecular weight excluding hydrogens is 649 g/mol. The first-order valence-corrected chi connectivity index (χ1v) is 22.8. The van der Waals surface area contributed by atoms with Crippen molar-refractivity contribution in [3.63, 3.8) is 0 Å². The number of rotatable bonds is 14. The number of hydrogen-bond donors (Lipinski definition) is 1. The Balaban J connectivity index is 2.76. The zero-order valence-electron chi connectivity index (χ0n) is 34.4. The van der Waals surface area contributed by atoms with E-state index in [9.17, 15) is 9.59 Å². The molecule has 1 fully saturated rings. The molecule has 280 valence electrons. The molecule has 0 unspecified atom stereocenters. The molecule has 1 atom stereocenters. The molecule has 11 heteroatoms. The Bertz CT molecular complexity index is 1230. The Morgan fingerprint density at radius 2 is 1.16 bits per heavy atom. The highest BCUT2D eigenvalue weighted by Gasteiger charge is 2.53. The number of carbonyl (C=O) groups is 2. The van der Waals surface area contributed by atoms with Crippen molar-refractivity contribution in [1.82, 2.24) is 5.32 Å². The third-order valence-corrected chi connectivity index (χ3v) is 22.9. The normalized spacial score (nSPS) is 17.4. The Labute approximate surface area is 301 Å². The van der Waals surface area contributed by atoms with E-state index in [0.29, 0.717) is 16.6 Å². The molecule has 1 aromatic rings. The molecule has 0 spiro atoms. The van der Waals surface area contributed by atoms with Crippen molar-refractivity contribution in [3.8, 4) is 5.75 Å². The Morgan fingerprint density at radius 1 is 0.735 bits per heavy atom. The van der Waals surface area contributed by atoms with Crippen LogP contribution >= 0.6 is 0 Å². The van der Waals surface area contributed by atoms with E-state index in [1.54, 1.807) is 20.8 Å². The van der Waals surface area contributed by atoms with Gasteiger partial charge in [0.05, 0.1) is 11.2 Å². The topological polar surface area (TPSA) is 92.3 Å². The predicted octanol–water partition coefficient (Wildman–Crippen LogP) is 9.69. The zero-order chi connectivity index (χ0) is 38.1. The number of benzene rings is 1. The summed E-state index contributed by atoms with van der Waals surface area (Å²) in [7, 11) is -5.60. The minimum absolute atomic E-state index is 0.181. The summed E-state index contributed by atoms with van der Waals surface area (Å²) in [6.07, 6.45) is -0.482. The number of alkyl carbamates (subject to hydrolysis) is 1. The van der Waals surface area contributed by atoms with Gasteiger partial charge in [0.1, 0.15) is 17.4 Å². The monoisotopic (exact) mass is 719 g/mol. The van der Waals surface area contributed by atoms with Crippen LogP contribution in [0.1, 0.15) is 137 Å². The Kier molecular flexibility index (Phi) is 14.0. The van der Waals surface area contributed by atoms with Gasteiger partial charge in [-0.05, 0) is 105 Å². The first kappa shape index (κ1) is 43.3. The molecule has 0 aliphatic carbocycles. The standard InChI is InChI=1S/C38H70BNO7Si2/c1-24(2)48(25(3)4,26(5)6)44-32-21-30(20-31(23-32)39-46-37(16,17)38(18,19)47-39)22-33(40-35(42)43-36(13,14)15)34(41)45-49(27(7)8,28(9)10)29(11)12/h20-21,23-29,33H,22H2,1-19H3,(H,40,42)/t33-/m0/s1. The van der Waals surface area contributed by atoms with Crippen LogP contribution < -0.4 is 15.2 Å². The quantitative estimate of drug-likeness (QED) is 0.192. The molecule has 1 aromatic carbocycles. The van der Waals surface area contributed by atoms with Crippen LogP contribution in [-0.4, -0.2) is 58.7 Å². The number of nitrogens with one attached hydrogen (secondary N) is 1. The summed E-state index contributed by atoms with van der Waals surface area (Å²) in [6.45, 7) is 40.0. The summed E-state index contributed by atoms with van der Waals surface area (Å²) in [4.78, 5) is 27.6. The van der Waals surface area contributed by atoms with E-state index in [0.717, 1.165) is 16.8 Å². The fourth-order valence-corrected chi connectivity index (χ4v) is 18.4. The highest BCUT2D eigenvalue weighted by molar-refractivity contribution is 6.79. The molecule has 49 heavy (non-hydrogen) atoms. The Morgan fingerprint density at radius 3 is 1.55 bits per heavy atom. The third kappa shape index (κ3) is 9.74. The maximum Gasteiger partial charge on any atom is 0.494 e. The second kappa shape index (κ2) is 15.8. The molecule has 1 saturated heterocycles. The molecule has 1 N–H and O–H groups in total. The van der Waals surface area contributed by atoms with Crippen LogP contribution in [0.25, 0.3) is 0 Å². The predicted molar refractivity (Wildman–Crippen MR) is 208 cm³/mol. The molecule has 1 amide bonds. The lowest BCUT2D eigenvalue weighted by atomic mass is 9.78. The van der Waals surface area contributed by atoms with Crippen LogP contribution in [0.5, 0.6) is 5.75 Å². The highest BCUT2D eigenvalue weighted by Crippen LogP contribution is 2.44. The van der Waals surface area contributed by atoms with Gasteiger partial charge >= 0.3 is 19.2 Å². The van der Waals surface area contributed by atoms with E-state index in [-0.39, 0.29) is 23.0 Å². The Hall–Kier alpha value is -1.82. The van der Waals surface area contributed by atoms with Crippen molar-refractivity contribution in [3.05, 3.63) is 23.8 Å². The lowest BCUT2D eigenvalue weighted by molar-refractivity contribution is -0.138. The lowest BCUT2D eigenvalue weighted by Gasteiger charge is -2.42. The number of amides is 1. The van der Waals surface area contributed by atoms with Gasteiger partial charge in [-0.2, -0.15) is 0 Å². The van der Waals surface area contributed by atoms with Crippen molar-refractivity contribution in [2.24, 2.45) is 0 Å². The van der Waals surface area contributed by atoms with Gasteiger partial charge in [0.2, 0.25) is 0 Å². The minimum Gasteiger partial charge on any atom is -0.543 e. The minimum atomic E-state index is -2.61. The van der Waals surface area contributed by atoms with Crippen molar-refractivity contribution < 1.29 is 32.5 Å². The lowest BCUT2D eigenvalue weighted by Crippen LogP contribution is -2.54. The molecule has 2 rings (SSSR count). The van der Waals surface area contributed by atoms with Crippen molar-refractivity contribution in [2.75, 3.05) is 0 Å². The van der Waals surface area contributed by atoms with Gasteiger partial charge in [0, 0.05) is 6.42 Å². The number of ether oxygens (including phenoxy) is 1. The van der Waals surface area contributed by atoms with Crippen molar-refractivity contribution in [2.45, 2.75) is 194 Å². The maximum atomic E-state index is 14.3. The second-order valence-electron chi connectivity index (χ2n) is 18.1. The van der Waals surface area contributed by atoms with E-state index < -0.39 is 58.7 Å². The first-order chi connectivity index (χ1) is 22.1. The number of hydrogen-bond acceptors (Lipinski definition) is 7. The average molecular weight is 720 g/mol. The van der Waals surface area contributed by atoms with Gasteiger partial charge in [-0.25, -0.2) is 4.79 Å². The van der Waals surface area contributed by atoms with Crippen molar-refractivity contribution in [1.29, 1.82) is 0 Å². The first-order valence-electron chi connectivity index (χ1n) is 18.5. The van der Waals surface area contributed by atoms with E-state index in [4.69, 9.17) is 22.9 Å². The molecule has 1 aliphatic rings. The van der Waals surface area contributed by atoms with Crippen LogP contribution in [0.2, 0.25) is 33.2 Å². The molecule has 0 saturated carbocycles. The summed E-state index contributed by atoms with van der Waals surface area (Å²) in [5.41, 5.74) is 1.44. The zero-order valence-corrected chi connectivity index (χ0v) is 36.4. The summed E-state index contributed by atoms with van der Waals surface area (Å²) < 4.78 is 32.5. The van der Waals surface area contributed by atoms with Gasteiger partial charge in [-0.1, -0.05) is 89.2 Å². The van der Waals surface area contributed by atoms with Gasteiger partial charge in [-0.15, -0.1) is 0 Å². The fourth-order valence-electron chi connectivity index (χ4n) is 8.01. The van der Waals surface area contributed by atoms with Crippen LogP contribution in [0.3, 0.4) is 0 Å². The van der Waals surface area contributed by atoms with E-state index in [1.807, 2.05) is 45.9 Å². The van der Waals surface area contributed by atoms with Crippen LogP contribution in [0.4, 0.5) is 4.79 Å². The average Bonchev–Trinajstić information content (AvgIpc) is 3.13.